The van der Waals surface area contributed by atoms with Crippen LogP contribution in [0.1, 0.15) is 17.3 Å². The number of nitrogens with zero attached hydrogens (tertiary/aromatic N) is 1. The predicted octanol–water partition coefficient (Wildman–Crippen LogP) is 2.13. The summed E-state index contributed by atoms with van der Waals surface area (Å²) in [4.78, 5) is 13.9. The minimum atomic E-state index is -0.842. The van der Waals surface area contributed by atoms with Crippen molar-refractivity contribution in [3.63, 3.8) is 0 Å². The minimum absolute atomic E-state index is 0.0658. The summed E-state index contributed by atoms with van der Waals surface area (Å²) in [5.74, 6) is -2.28. The van der Waals surface area contributed by atoms with Crippen molar-refractivity contribution in [2.45, 2.75) is 13.0 Å². The number of hydrogen-bond acceptors (Lipinski definition) is 4. The standard InChI is InChI=1S/C15H21F2NO3/c1-11(10-21-3)18(7-8-20-2)9-14(19)15-12(16)5-4-6-13(15)17/h4-6,11H,7-10H2,1-3H3. The van der Waals surface area contributed by atoms with Gasteiger partial charge < -0.3 is 9.47 Å². The van der Waals surface area contributed by atoms with Gasteiger partial charge in [-0.15, -0.1) is 0 Å². The number of rotatable bonds is 9. The third-order valence-corrected chi connectivity index (χ3v) is 3.20. The maximum absolute atomic E-state index is 13.6. The van der Waals surface area contributed by atoms with Crippen molar-refractivity contribution in [1.29, 1.82) is 0 Å². The van der Waals surface area contributed by atoms with E-state index in [1.807, 2.05) is 6.92 Å². The van der Waals surface area contributed by atoms with E-state index < -0.39 is 23.0 Å². The summed E-state index contributed by atoms with van der Waals surface area (Å²) in [6.07, 6.45) is 0. The van der Waals surface area contributed by atoms with Gasteiger partial charge in [-0.25, -0.2) is 8.78 Å². The summed E-state index contributed by atoms with van der Waals surface area (Å²) >= 11 is 0. The smallest absolute Gasteiger partial charge is 0.182 e. The Morgan fingerprint density at radius 2 is 1.86 bits per heavy atom. The summed E-state index contributed by atoms with van der Waals surface area (Å²) in [7, 11) is 3.11. The summed E-state index contributed by atoms with van der Waals surface area (Å²) in [6, 6.07) is 3.32. The van der Waals surface area contributed by atoms with E-state index in [9.17, 15) is 13.6 Å². The molecule has 1 unspecified atom stereocenters. The van der Waals surface area contributed by atoms with Crippen LogP contribution in [0, 0.1) is 11.6 Å². The molecule has 0 amide bonds. The van der Waals surface area contributed by atoms with Gasteiger partial charge in [-0.3, -0.25) is 9.69 Å². The minimum Gasteiger partial charge on any atom is -0.383 e. The molecule has 1 atom stereocenters. The van der Waals surface area contributed by atoms with Crippen LogP contribution in [0.15, 0.2) is 18.2 Å². The Morgan fingerprint density at radius 3 is 2.38 bits per heavy atom. The third-order valence-electron chi connectivity index (χ3n) is 3.20. The van der Waals surface area contributed by atoms with Crippen molar-refractivity contribution in [3.8, 4) is 0 Å². The molecule has 0 fully saturated rings. The Morgan fingerprint density at radius 1 is 1.24 bits per heavy atom. The molecule has 1 rings (SSSR count). The van der Waals surface area contributed by atoms with E-state index in [2.05, 4.69) is 0 Å². The van der Waals surface area contributed by atoms with Gasteiger partial charge in [0.25, 0.3) is 0 Å². The summed E-state index contributed by atoms with van der Waals surface area (Å²) < 4.78 is 37.3. The molecule has 118 valence electrons. The lowest BCUT2D eigenvalue weighted by atomic mass is 10.1. The molecule has 0 aliphatic rings. The lowest BCUT2D eigenvalue weighted by Crippen LogP contribution is -2.42. The van der Waals surface area contributed by atoms with Gasteiger partial charge in [0.15, 0.2) is 5.78 Å². The van der Waals surface area contributed by atoms with E-state index in [1.54, 1.807) is 19.1 Å². The average molecular weight is 301 g/mol. The molecule has 21 heavy (non-hydrogen) atoms. The highest BCUT2D eigenvalue weighted by Crippen LogP contribution is 2.14. The Labute approximate surface area is 123 Å². The number of ether oxygens (including phenoxy) is 2. The van der Waals surface area contributed by atoms with E-state index >= 15 is 0 Å². The molecule has 1 aromatic rings. The van der Waals surface area contributed by atoms with Crippen LogP contribution in [0.5, 0.6) is 0 Å². The molecule has 1 aromatic carbocycles. The monoisotopic (exact) mass is 301 g/mol. The van der Waals surface area contributed by atoms with Crippen molar-refractivity contribution < 1.29 is 23.0 Å². The maximum atomic E-state index is 13.6. The Kier molecular flexibility index (Phi) is 7.42. The second-order valence-corrected chi connectivity index (χ2v) is 4.79. The van der Waals surface area contributed by atoms with Gasteiger partial charge >= 0.3 is 0 Å². The fourth-order valence-corrected chi connectivity index (χ4v) is 2.04. The first-order valence-corrected chi connectivity index (χ1v) is 6.70. The van der Waals surface area contributed by atoms with Crippen molar-refractivity contribution in [3.05, 3.63) is 35.4 Å². The molecule has 4 nitrogen and oxygen atoms in total. The normalized spacial score (nSPS) is 12.7. The molecule has 0 heterocycles. The van der Waals surface area contributed by atoms with Gasteiger partial charge in [0, 0.05) is 26.8 Å². The number of methoxy groups -OCH3 is 2. The van der Waals surface area contributed by atoms with E-state index in [4.69, 9.17) is 9.47 Å². The van der Waals surface area contributed by atoms with E-state index in [1.165, 1.54) is 6.07 Å². The van der Waals surface area contributed by atoms with Crippen LogP contribution in [0.2, 0.25) is 0 Å². The van der Waals surface area contributed by atoms with Gasteiger partial charge in [0.1, 0.15) is 11.6 Å². The van der Waals surface area contributed by atoms with E-state index in [0.29, 0.717) is 19.8 Å². The molecule has 0 bridgehead atoms. The van der Waals surface area contributed by atoms with Crippen LogP contribution in [-0.2, 0) is 9.47 Å². The van der Waals surface area contributed by atoms with Crippen molar-refractivity contribution in [2.75, 3.05) is 40.5 Å². The molecular weight excluding hydrogens is 280 g/mol. The zero-order valence-corrected chi connectivity index (χ0v) is 12.6. The zero-order chi connectivity index (χ0) is 15.8. The first kappa shape index (κ1) is 17.7. The number of hydrogen-bond donors (Lipinski definition) is 0. The van der Waals surface area contributed by atoms with Crippen LogP contribution < -0.4 is 0 Å². The maximum Gasteiger partial charge on any atom is 0.182 e. The van der Waals surface area contributed by atoms with Crippen LogP contribution >= 0.6 is 0 Å². The highest BCUT2D eigenvalue weighted by atomic mass is 19.1. The number of ketones is 1. The molecular formula is C15H21F2NO3. The Balaban J connectivity index is 2.84. The SMILES string of the molecule is COCCN(CC(=O)c1c(F)cccc1F)C(C)COC. The van der Waals surface area contributed by atoms with Crippen LogP contribution in [0.4, 0.5) is 8.78 Å². The second kappa shape index (κ2) is 8.81. The molecule has 6 heteroatoms. The second-order valence-electron chi connectivity index (χ2n) is 4.79. The Bertz CT molecular complexity index is 448. The number of halogens is 2. The summed E-state index contributed by atoms with van der Waals surface area (Å²) in [5.41, 5.74) is -0.496. The van der Waals surface area contributed by atoms with Crippen molar-refractivity contribution in [1.82, 2.24) is 4.90 Å². The molecule has 0 aromatic heterocycles. The van der Waals surface area contributed by atoms with Gasteiger partial charge in [-0.2, -0.15) is 0 Å². The van der Waals surface area contributed by atoms with Crippen LogP contribution in [-0.4, -0.2) is 57.2 Å². The third kappa shape index (κ3) is 5.15. The number of benzene rings is 1. The highest BCUT2D eigenvalue weighted by Gasteiger charge is 2.22. The highest BCUT2D eigenvalue weighted by molar-refractivity contribution is 5.98. The number of carbonyl (C=O) groups excluding carboxylic acids is 1. The molecule has 0 aliphatic carbocycles. The lowest BCUT2D eigenvalue weighted by Gasteiger charge is -2.27. The first-order valence-electron chi connectivity index (χ1n) is 6.70. The van der Waals surface area contributed by atoms with Gasteiger partial charge in [0.2, 0.25) is 0 Å². The Hall–Kier alpha value is -1.37. The molecule has 0 radical (unpaired) electrons. The van der Waals surface area contributed by atoms with Crippen molar-refractivity contribution in [2.24, 2.45) is 0 Å². The summed E-state index contributed by atoms with van der Waals surface area (Å²) in [6.45, 7) is 3.09. The summed E-state index contributed by atoms with van der Waals surface area (Å²) in [5, 5.41) is 0. The quantitative estimate of drug-likeness (QED) is 0.655. The molecule has 0 aliphatic heterocycles. The fourth-order valence-electron chi connectivity index (χ4n) is 2.04. The van der Waals surface area contributed by atoms with Gasteiger partial charge in [-0.05, 0) is 19.1 Å². The average Bonchev–Trinajstić information content (AvgIpc) is 2.43. The molecule has 0 N–H and O–H groups in total. The van der Waals surface area contributed by atoms with Gasteiger partial charge in [-0.1, -0.05) is 6.07 Å². The van der Waals surface area contributed by atoms with E-state index in [0.717, 1.165) is 12.1 Å². The number of Topliss-reactive ketones (excluding diaryl/α,β-unsaturated/α-hetero) is 1. The molecule has 0 saturated carbocycles. The van der Waals surface area contributed by atoms with Crippen LogP contribution in [0.3, 0.4) is 0 Å². The lowest BCUT2D eigenvalue weighted by molar-refractivity contribution is 0.0646. The molecule has 0 saturated heterocycles. The number of carbonyl (C=O) groups is 1. The largest absolute Gasteiger partial charge is 0.383 e. The van der Waals surface area contributed by atoms with Gasteiger partial charge in [0.05, 0.1) is 25.3 Å². The van der Waals surface area contributed by atoms with Crippen LogP contribution in [0.25, 0.3) is 0 Å². The zero-order valence-electron chi connectivity index (χ0n) is 12.6. The molecule has 0 spiro atoms. The van der Waals surface area contributed by atoms with Crippen molar-refractivity contribution >= 4 is 5.78 Å². The first-order chi connectivity index (χ1) is 10.0. The van der Waals surface area contributed by atoms with E-state index in [-0.39, 0.29) is 12.6 Å². The fraction of sp³-hybridized carbons (Fsp3) is 0.533. The predicted molar refractivity (Wildman–Crippen MR) is 75.5 cm³/mol. The topological polar surface area (TPSA) is 38.8 Å².